The largest absolute Gasteiger partial charge is 0.481 e. The van der Waals surface area contributed by atoms with Crippen LogP contribution in [0.5, 0.6) is 0 Å². The van der Waals surface area contributed by atoms with Gasteiger partial charge in [0, 0.05) is 18.8 Å². The average Bonchev–Trinajstić information content (AvgIpc) is 2.47. The molecule has 1 heterocycles. The van der Waals surface area contributed by atoms with Gasteiger partial charge < -0.3 is 15.7 Å². The van der Waals surface area contributed by atoms with Gasteiger partial charge in [-0.3, -0.25) is 9.59 Å². The normalized spacial score (nSPS) is 22.6. The molecule has 20 heavy (non-hydrogen) atoms. The third kappa shape index (κ3) is 2.48. The number of rotatable bonds is 4. The zero-order valence-electron chi connectivity index (χ0n) is 11.6. The van der Waals surface area contributed by atoms with Crippen LogP contribution in [0.2, 0.25) is 0 Å². The lowest BCUT2D eigenvalue weighted by molar-refractivity contribution is -0.149. The second-order valence-corrected chi connectivity index (χ2v) is 5.35. The fraction of sp³-hybridized carbons (Fsp3) is 0.467. The molecule has 1 unspecified atom stereocenters. The Bertz CT molecular complexity index is 530. The molecule has 3 N–H and O–H groups in total. The second-order valence-electron chi connectivity index (χ2n) is 5.35. The molecule has 1 aromatic carbocycles. The predicted octanol–water partition coefficient (Wildman–Crippen LogP) is 1.87. The number of benzene rings is 1. The van der Waals surface area contributed by atoms with E-state index in [0.29, 0.717) is 24.9 Å². The molecule has 0 aromatic heterocycles. The van der Waals surface area contributed by atoms with Gasteiger partial charge in [-0.05, 0) is 31.4 Å². The SMILES string of the molecule is CCC1(C(=O)O)CCCN(c2ccccc2C(N)=O)C1. The van der Waals surface area contributed by atoms with Gasteiger partial charge in [-0.2, -0.15) is 0 Å². The van der Waals surface area contributed by atoms with Gasteiger partial charge >= 0.3 is 5.97 Å². The molecule has 0 radical (unpaired) electrons. The minimum absolute atomic E-state index is 0.420. The van der Waals surface area contributed by atoms with Gasteiger partial charge in [0.1, 0.15) is 0 Å². The summed E-state index contributed by atoms with van der Waals surface area (Å²) in [6.07, 6.45) is 2.05. The summed E-state index contributed by atoms with van der Waals surface area (Å²) < 4.78 is 0. The van der Waals surface area contributed by atoms with Crippen molar-refractivity contribution >= 4 is 17.6 Å². The van der Waals surface area contributed by atoms with Gasteiger partial charge in [0.2, 0.25) is 0 Å². The molecule has 1 aliphatic heterocycles. The topological polar surface area (TPSA) is 83.6 Å². The minimum atomic E-state index is -0.763. The monoisotopic (exact) mass is 276 g/mol. The maximum atomic E-state index is 11.6. The molecule has 1 saturated heterocycles. The van der Waals surface area contributed by atoms with Crippen molar-refractivity contribution in [1.82, 2.24) is 0 Å². The molecule has 0 bridgehead atoms. The summed E-state index contributed by atoms with van der Waals surface area (Å²) in [5, 5.41) is 9.51. The third-order valence-electron chi connectivity index (χ3n) is 4.22. The van der Waals surface area contributed by atoms with E-state index in [1.807, 2.05) is 24.0 Å². The number of nitrogens with two attached hydrogens (primary N) is 1. The molecule has 0 spiro atoms. The van der Waals surface area contributed by atoms with Gasteiger partial charge in [0.05, 0.1) is 11.0 Å². The second kappa shape index (κ2) is 5.53. The molecular formula is C15H20N2O3. The summed E-state index contributed by atoms with van der Waals surface area (Å²) in [7, 11) is 0. The summed E-state index contributed by atoms with van der Waals surface area (Å²) in [5.41, 5.74) is 5.85. The van der Waals surface area contributed by atoms with E-state index in [0.717, 1.165) is 18.7 Å². The van der Waals surface area contributed by atoms with Crippen LogP contribution >= 0.6 is 0 Å². The molecule has 5 heteroatoms. The molecular weight excluding hydrogens is 256 g/mol. The van der Waals surface area contributed by atoms with Gasteiger partial charge in [-0.1, -0.05) is 19.1 Å². The van der Waals surface area contributed by atoms with Gasteiger partial charge in [-0.25, -0.2) is 0 Å². The van der Waals surface area contributed by atoms with Crippen LogP contribution in [0.15, 0.2) is 24.3 Å². The lowest BCUT2D eigenvalue weighted by atomic mass is 9.77. The van der Waals surface area contributed by atoms with E-state index in [-0.39, 0.29) is 0 Å². The first-order valence-electron chi connectivity index (χ1n) is 6.87. The van der Waals surface area contributed by atoms with Crippen molar-refractivity contribution in [2.75, 3.05) is 18.0 Å². The minimum Gasteiger partial charge on any atom is -0.481 e. The van der Waals surface area contributed by atoms with E-state index >= 15 is 0 Å². The maximum Gasteiger partial charge on any atom is 0.311 e. The number of piperidine rings is 1. The van der Waals surface area contributed by atoms with Crippen molar-refractivity contribution in [2.45, 2.75) is 26.2 Å². The van der Waals surface area contributed by atoms with E-state index in [2.05, 4.69) is 0 Å². The highest BCUT2D eigenvalue weighted by atomic mass is 16.4. The summed E-state index contributed by atoms with van der Waals surface area (Å²) in [5.74, 6) is -1.25. The van der Waals surface area contributed by atoms with Gasteiger partial charge in [-0.15, -0.1) is 0 Å². The van der Waals surface area contributed by atoms with Crippen molar-refractivity contribution in [3.05, 3.63) is 29.8 Å². The van der Waals surface area contributed by atoms with Crippen molar-refractivity contribution in [2.24, 2.45) is 11.1 Å². The Kier molecular flexibility index (Phi) is 3.97. The fourth-order valence-corrected chi connectivity index (χ4v) is 2.91. The molecule has 108 valence electrons. The summed E-state index contributed by atoms with van der Waals surface area (Å²) in [4.78, 5) is 25.1. The number of nitrogens with zero attached hydrogens (tertiary/aromatic N) is 1. The summed E-state index contributed by atoms with van der Waals surface area (Å²) in [6, 6.07) is 7.11. The molecule has 1 aromatic rings. The number of amides is 1. The van der Waals surface area contributed by atoms with Crippen LogP contribution in [0.25, 0.3) is 0 Å². The van der Waals surface area contributed by atoms with Crippen LogP contribution < -0.4 is 10.6 Å². The number of carboxylic acids is 1. The molecule has 1 atom stereocenters. The summed E-state index contributed by atoms with van der Waals surface area (Å²) in [6.45, 7) is 3.07. The zero-order valence-corrected chi connectivity index (χ0v) is 11.6. The molecule has 2 rings (SSSR count). The van der Waals surface area contributed by atoms with Crippen LogP contribution in [-0.4, -0.2) is 30.1 Å². The number of aliphatic carboxylic acids is 1. The summed E-state index contributed by atoms with van der Waals surface area (Å²) >= 11 is 0. The number of carbonyl (C=O) groups is 2. The Morgan fingerprint density at radius 1 is 1.40 bits per heavy atom. The van der Waals surface area contributed by atoms with E-state index < -0.39 is 17.3 Å². The number of anilines is 1. The van der Waals surface area contributed by atoms with Crippen LogP contribution in [0.4, 0.5) is 5.69 Å². The number of primary amides is 1. The fourth-order valence-electron chi connectivity index (χ4n) is 2.91. The van der Waals surface area contributed by atoms with Crippen molar-refractivity contribution in [3.63, 3.8) is 0 Å². The number of hydrogen-bond donors (Lipinski definition) is 2. The number of para-hydroxylation sites is 1. The van der Waals surface area contributed by atoms with E-state index in [1.165, 1.54) is 0 Å². The molecule has 5 nitrogen and oxygen atoms in total. The highest BCUT2D eigenvalue weighted by Gasteiger charge is 2.41. The molecule has 0 saturated carbocycles. The third-order valence-corrected chi connectivity index (χ3v) is 4.22. The first-order valence-corrected chi connectivity index (χ1v) is 6.87. The van der Waals surface area contributed by atoms with Crippen LogP contribution in [0.3, 0.4) is 0 Å². The first kappa shape index (κ1) is 14.4. The van der Waals surface area contributed by atoms with Crippen LogP contribution in [-0.2, 0) is 4.79 Å². The Morgan fingerprint density at radius 3 is 2.70 bits per heavy atom. The smallest absolute Gasteiger partial charge is 0.311 e. The van der Waals surface area contributed by atoms with Crippen molar-refractivity contribution in [3.8, 4) is 0 Å². The Balaban J connectivity index is 2.34. The predicted molar refractivity (Wildman–Crippen MR) is 76.8 cm³/mol. The van der Waals surface area contributed by atoms with Gasteiger partial charge in [0.25, 0.3) is 5.91 Å². The van der Waals surface area contributed by atoms with E-state index in [1.54, 1.807) is 12.1 Å². The zero-order chi connectivity index (χ0) is 14.8. The molecule has 0 aliphatic carbocycles. The van der Waals surface area contributed by atoms with Crippen molar-refractivity contribution < 1.29 is 14.7 Å². The first-order chi connectivity index (χ1) is 9.50. The van der Waals surface area contributed by atoms with Crippen molar-refractivity contribution in [1.29, 1.82) is 0 Å². The van der Waals surface area contributed by atoms with Crippen LogP contribution in [0.1, 0.15) is 36.5 Å². The average molecular weight is 276 g/mol. The Morgan fingerprint density at radius 2 is 2.10 bits per heavy atom. The van der Waals surface area contributed by atoms with Gasteiger partial charge in [0.15, 0.2) is 0 Å². The highest BCUT2D eigenvalue weighted by Crippen LogP contribution is 2.36. The number of carboxylic acid groups (broad SMARTS) is 1. The standard InChI is InChI=1S/C15H20N2O3/c1-2-15(14(19)20)8-5-9-17(10-15)12-7-4-3-6-11(12)13(16)18/h3-4,6-7H,2,5,8-10H2,1H3,(H2,16,18)(H,19,20). The van der Waals surface area contributed by atoms with E-state index in [4.69, 9.17) is 5.73 Å². The molecule has 1 amide bonds. The molecule has 1 aliphatic rings. The molecule has 1 fully saturated rings. The maximum absolute atomic E-state index is 11.6. The highest BCUT2D eigenvalue weighted by molar-refractivity contribution is 5.98. The Hall–Kier alpha value is -2.04. The quantitative estimate of drug-likeness (QED) is 0.879. The van der Waals surface area contributed by atoms with E-state index in [9.17, 15) is 14.7 Å². The lowest BCUT2D eigenvalue weighted by Gasteiger charge is -2.41. The lowest BCUT2D eigenvalue weighted by Crippen LogP contribution is -2.48. The number of carbonyl (C=O) groups excluding carboxylic acids is 1. The van der Waals surface area contributed by atoms with Crippen LogP contribution in [0, 0.1) is 5.41 Å². The Labute approximate surface area is 118 Å². The number of hydrogen-bond acceptors (Lipinski definition) is 3.